The monoisotopic (exact) mass is 658 g/mol. The van der Waals surface area contributed by atoms with Crippen LogP contribution in [-0.2, 0) is 9.84 Å². The number of hydrogen-bond donors (Lipinski definition) is 2. The number of allylic oxidation sites excluding steroid dienone is 2. The van der Waals surface area contributed by atoms with Gasteiger partial charge in [-0.1, -0.05) is 43.1 Å². The fourth-order valence-electron chi connectivity index (χ4n) is 4.76. The number of ether oxygens (including phenoxy) is 2. The van der Waals surface area contributed by atoms with E-state index in [9.17, 15) is 17.6 Å². The summed E-state index contributed by atoms with van der Waals surface area (Å²) in [5.41, 5.74) is 1.14. The zero-order chi connectivity index (χ0) is 32.5. The molecule has 1 aliphatic carbocycles. The number of nitrogens with one attached hydrogen (secondary N) is 2. The molecule has 3 unspecified atom stereocenters. The standard InChI is InChI=1S/C34H37ClF2N2O5S/c1-3-4-21-43-28-14-10-25(11-15-28)33(40)38-20-7-22-44-31-9-6-5-8-30(31)24(2)39-32-23-27(36)18-19-34(32,37)45(41,42)29-16-12-26(35)13-17-29/h5-6,8-19,23-24,32,39H,3-4,7,20-22H2,1-2H3,(H,38,40). The summed E-state index contributed by atoms with van der Waals surface area (Å²) < 4.78 is 69.2. The molecule has 0 saturated heterocycles. The Bertz CT molecular complexity index is 1610. The summed E-state index contributed by atoms with van der Waals surface area (Å²) in [5, 5.41) is 3.14. The van der Waals surface area contributed by atoms with Gasteiger partial charge in [0, 0.05) is 28.7 Å². The highest BCUT2D eigenvalue weighted by Gasteiger charge is 2.51. The second-order valence-corrected chi connectivity index (χ2v) is 13.2. The molecule has 0 bridgehead atoms. The first-order chi connectivity index (χ1) is 21.5. The molecule has 0 aliphatic heterocycles. The molecule has 0 heterocycles. The predicted octanol–water partition coefficient (Wildman–Crippen LogP) is 7.30. The lowest BCUT2D eigenvalue weighted by Crippen LogP contribution is -2.52. The van der Waals surface area contributed by atoms with Crippen LogP contribution in [0, 0.1) is 0 Å². The summed E-state index contributed by atoms with van der Waals surface area (Å²) in [4.78, 5) is 12.2. The van der Waals surface area contributed by atoms with Crippen molar-refractivity contribution in [3.63, 3.8) is 0 Å². The number of para-hydroxylation sites is 1. The molecule has 11 heteroatoms. The highest BCUT2D eigenvalue weighted by Crippen LogP contribution is 2.38. The van der Waals surface area contributed by atoms with Crippen LogP contribution in [0.5, 0.6) is 11.5 Å². The summed E-state index contributed by atoms with van der Waals surface area (Å²) in [6.07, 6.45) is 4.97. The largest absolute Gasteiger partial charge is 0.494 e. The zero-order valence-corrected chi connectivity index (χ0v) is 26.7. The minimum atomic E-state index is -4.60. The van der Waals surface area contributed by atoms with Crippen molar-refractivity contribution in [1.82, 2.24) is 10.6 Å². The van der Waals surface area contributed by atoms with Gasteiger partial charge in [0.15, 0.2) is 0 Å². The molecule has 3 aromatic carbocycles. The maximum Gasteiger partial charge on any atom is 0.252 e. The molecule has 240 valence electrons. The molecule has 0 fully saturated rings. The number of carbonyl (C=O) groups is 1. The summed E-state index contributed by atoms with van der Waals surface area (Å²) in [5.74, 6) is 0.237. The molecule has 4 rings (SSSR count). The average Bonchev–Trinajstić information content (AvgIpc) is 3.03. The molecule has 0 aromatic heterocycles. The molecule has 0 radical (unpaired) electrons. The van der Waals surface area contributed by atoms with Gasteiger partial charge >= 0.3 is 0 Å². The number of sulfone groups is 1. The number of benzene rings is 3. The van der Waals surface area contributed by atoms with Gasteiger partial charge in [-0.2, -0.15) is 0 Å². The molecule has 0 saturated carbocycles. The Balaban J connectivity index is 1.35. The Morgan fingerprint density at radius 2 is 1.69 bits per heavy atom. The molecule has 45 heavy (non-hydrogen) atoms. The number of alkyl halides is 1. The average molecular weight is 659 g/mol. The van der Waals surface area contributed by atoms with E-state index in [4.69, 9.17) is 21.1 Å². The Morgan fingerprint density at radius 3 is 2.40 bits per heavy atom. The van der Waals surface area contributed by atoms with E-state index in [-0.39, 0.29) is 17.4 Å². The van der Waals surface area contributed by atoms with Crippen molar-refractivity contribution in [2.45, 2.75) is 55.1 Å². The number of unbranched alkanes of at least 4 members (excludes halogenated alkanes) is 1. The smallest absolute Gasteiger partial charge is 0.252 e. The lowest BCUT2D eigenvalue weighted by molar-refractivity contribution is 0.0951. The van der Waals surface area contributed by atoms with Crippen LogP contribution in [0.2, 0.25) is 5.02 Å². The first-order valence-corrected chi connectivity index (χ1v) is 16.7. The van der Waals surface area contributed by atoms with Crippen molar-refractivity contribution in [1.29, 1.82) is 0 Å². The van der Waals surface area contributed by atoms with Gasteiger partial charge in [-0.25, -0.2) is 17.2 Å². The minimum Gasteiger partial charge on any atom is -0.494 e. The maximum atomic E-state index is 16.5. The molecule has 2 N–H and O–H groups in total. The lowest BCUT2D eigenvalue weighted by atomic mass is 10.0. The first kappa shape index (κ1) is 34.1. The SMILES string of the molecule is CCCCOc1ccc(C(=O)NCCCOc2ccccc2C(C)NC2C=C(F)C=CC2(F)S(=O)(=O)c2ccc(Cl)cc2)cc1. The Morgan fingerprint density at radius 1 is 1.00 bits per heavy atom. The molecule has 3 aromatic rings. The summed E-state index contributed by atoms with van der Waals surface area (Å²) in [6, 6.07) is 17.0. The third kappa shape index (κ3) is 8.51. The highest BCUT2D eigenvalue weighted by atomic mass is 35.5. The van der Waals surface area contributed by atoms with Crippen molar-refractivity contribution in [2.24, 2.45) is 0 Å². The second kappa shape index (κ2) is 15.5. The Kier molecular flexibility index (Phi) is 11.8. The van der Waals surface area contributed by atoms with E-state index in [0.717, 1.165) is 36.8 Å². The summed E-state index contributed by atoms with van der Waals surface area (Å²) in [6.45, 7) is 5.08. The Labute approximate surface area is 268 Å². The molecular formula is C34H37ClF2N2O5S. The predicted molar refractivity (Wildman–Crippen MR) is 172 cm³/mol. The Hall–Kier alpha value is -3.73. The first-order valence-electron chi connectivity index (χ1n) is 14.8. The van der Waals surface area contributed by atoms with E-state index in [1.165, 1.54) is 24.3 Å². The molecule has 0 spiro atoms. The van der Waals surface area contributed by atoms with E-state index in [1.54, 1.807) is 55.5 Å². The number of carbonyl (C=O) groups excluding carboxylic acids is 1. The number of halogens is 3. The van der Waals surface area contributed by atoms with Crippen molar-refractivity contribution in [2.75, 3.05) is 19.8 Å². The quantitative estimate of drug-likeness (QED) is 0.167. The van der Waals surface area contributed by atoms with Gasteiger partial charge in [-0.3, -0.25) is 10.1 Å². The van der Waals surface area contributed by atoms with Crippen molar-refractivity contribution >= 4 is 27.3 Å². The number of amides is 1. The van der Waals surface area contributed by atoms with E-state index in [1.807, 2.05) is 0 Å². The third-order valence-corrected chi connectivity index (χ3v) is 9.68. The van der Waals surface area contributed by atoms with Crippen LogP contribution in [0.25, 0.3) is 0 Å². The molecule has 3 atom stereocenters. The summed E-state index contributed by atoms with van der Waals surface area (Å²) in [7, 11) is -4.60. The topological polar surface area (TPSA) is 93.7 Å². The third-order valence-electron chi connectivity index (χ3n) is 7.32. The molecule has 1 amide bonds. The van der Waals surface area contributed by atoms with Gasteiger partial charge in [0.2, 0.25) is 9.84 Å². The van der Waals surface area contributed by atoms with Crippen LogP contribution in [0.1, 0.15) is 55.1 Å². The van der Waals surface area contributed by atoms with Crippen LogP contribution >= 0.6 is 11.6 Å². The van der Waals surface area contributed by atoms with Crippen LogP contribution < -0.4 is 20.1 Å². The normalized spacial score (nSPS) is 18.6. The van der Waals surface area contributed by atoms with Crippen LogP contribution in [0.3, 0.4) is 0 Å². The molecule has 7 nitrogen and oxygen atoms in total. The van der Waals surface area contributed by atoms with E-state index >= 15 is 4.39 Å². The van der Waals surface area contributed by atoms with E-state index < -0.39 is 32.7 Å². The number of rotatable bonds is 15. The summed E-state index contributed by atoms with van der Waals surface area (Å²) >= 11 is 5.89. The van der Waals surface area contributed by atoms with Crippen LogP contribution in [-0.4, -0.2) is 45.1 Å². The van der Waals surface area contributed by atoms with E-state index in [2.05, 4.69) is 17.6 Å². The van der Waals surface area contributed by atoms with Crippen molar-refractivity contribution in [3.8, 4) is 11.5 Å². The van der Waals surface area contributed by atoms with Gasteiger partial charge in [-0.15, -0.1) is 0 Å². The van der Waals surface area contributed by atoms with E-state index in [0.29, 0.717) is 41.5 Å². The minimum absolute atomic E-state index is 0.210. The number of hydrogen-bond acceptors (Lipinski definition) is 6. The van der Waals surface area contributed by atoms with Crippen molar-refractivity contribution < 1.29 is 31.5 Å². The second-order valence-electron chi connectivity index (χ2n) is 10.6. The van der Waals surface area contributed by atoms with Gasteiger partial charge in [0.05, 0.1) is 24.2 Å². The van der Waals surface area contributed by atoms with Gasteiger partial charge < -0.3 is 14.8 Å². The molecular weight excluding hydrogens is 622 g/mol. The fourth-order valence-corrected chi connectivity index (χ4v) is 6.46. The molecule has 1 aliphatic rings. The van der Waals surface area contributed by atoms with Crippen LogP contribution in [0.15, 0.2) is 102 Å². The van der Waals surface area contributed by atoms with Crippen LogP contribution in [0.4, 0.5) is 8.78 Å². The lowest BCUT2D eigenvalue weighted by Gasteiger charge is -2.34. The highest BCUT2D eigenvalue weighted by molar-refractivity contribution is 7.93. The van der Waals surface area contributed by atoms with Gasteiger partial charge in [-0.05, 0) is 92.6 Å². The van der Waals surface area contributed by atoms with Crippen molar-refractivity contribution in [3.05, 3.63) is 113 Å². The fraction of sp³-hybridized carbons (Fsp3) is 0.324. The maximum absolute atomic E-state index is 16.5. The van der Waals surface area contributed by atoms with Gasteiger partial charge in [0.25, 0.3) is 10.9 Å². The zero-order valence-electron chi connectivity index (χ0n) is 25.1. The van der Waals surface area contributed by atoms with Gasteiger partial charge in [0.1, 0.15) is 17.3 Å².